The third kappa shape index (κ3) is 6.47. The molecule has 0 atom stereocenters. The Morgan fingerprint density at radius 3 is 1.93 bits per heavy atom. The maximum Gasteiger partial charge on any atom is 0.279 e. The Morgan fingerprint density at radius 2 is 1.38 bits per heavy atom. The Labute approximate surface area is 175 Å². The fraction of sp³-hybridized carbons (Fsp3) is 0.684. The van der Waals surface area contributed by atoms with Gasteiger partial charge in [0.25, 0.3) is 10.2 Å². The summed E-state index contributed by atoms with van der Waals surface area (Å²) >= 11 is 0. The molecule has 10 heteroatoms. The first-order chi connectivity index (χ1) is 13.6. The van der Waals surface area contributed by atoms with Gasteiger partial charge in [0.15, 0.2) is 0 Å². The van der Waals surface area contributed by atoms with Crippen LogP contribution in [0.4, 0.5) is 0 Å². The smallest absolute Gasteiger partial charge is 0.279 e. The average molecular weight is 445 g/mol. The molecule has 3 rings (SSSR count). The van der Waals surface area contributed by atoms with Gasteiger partial charge in [0.2, 0.25) is 10.0 Å². The van der Waals surface area contributed by atoms with Crippen LogP contribution in [-0.4, -0.2) is 75.9 Å². The summed E-state index contributed by atoms with van der Waals surface area (Å²) in [6.45, 7) is 6.42. The third-order valence-electron chi connectivity index (χ3n) is 5.77. The van der Waals surface area contributed by atoms with Crippen molar-refractivity contribution in [1.29, 1.82) is 0 Å². The van der Waals surface area contributed by atoms with Gasteiger partial charge in [-0.3, -0.25) is 4.90 Å². The summed E-state index contributed by atoms with van der Waals surface area (Å²) in [4.78, 5) is 2.47. The Kier molecular flexibility index (Phi) is 7.34. The molecule has 0 radical (unpaired) electrons. The van der Waals surface area contributed by atoms with Crippen LogP contribution >= 0.6 is 0 Å². The van der Waals surface area contributed by atoms with E-state index in [2.05, 4.69) is 28.7 Å². The van der Waals surface area contributed by atoms with Crippen molar-refractivity contribution in [1.82, 2.24) is 18.2 Å². The predicted octanol–water partition coefficient (Wildman–Crippen LogP) is 0.830. The molecule has 0 aliphatic carbocycles. The zero-order valence-corrected chi connectivity index (χ0v) is 18.9. The molecule has 0 saturated carbocycles. The van der Waals surface area contributed by atoms with Gasteiger partial charge in [0.1, 0.15) is 0 Å². The van der Waals surface area contributed by atoms with Crippen molar-refractivity contribution in [2.45, 2.75) is 32.9 Å². The van der Waals surface area contributed by atoms with Crippen LogP contribution in [0.2, 0.25) is 0 Å². The number of likely N-dealkylation sites (tertiary alicyclic amines) is 1. The van der Waals surface area contributed by atoms with Crippen LogP contribution in [0, 0.1) is 5.92 Å². The molecule has 2 heterocycles. The van der Waals surface area contributed by atoms with Crippen molar-refractivity contribution >= 4 is 20.2 Å². The SMILES string of the molecule is CC1CCN(Cc2ccc(CNS(=O)(=O)N3CCN(S(C)(=O)=O)CC3)cc2)CC1. The first-order valence-corrected chi connectivity index (χ1v) is 13.4. The fourth-order valence-electron chi connectivity index (χ4n) is 3.75. The Bertz CT molecular complexity index is 871. The number of hydrogen-bond donors (Lipinski definition) is 1. The summed E-state index contributed by atoms with van der Waals surface area (Å²) in [6.07, 6.45) is 3.64. The monoisotopic (exact) mass is 444 g/mol. The van der Waals surface area contributed by atoms with E-state index in [-0.39, 0.29) is 32.7 Å². The summed E-state index contributed by atoms with van der Waals surface area (Å²) < 4.78 is 53.4. The summed E-state index contributed by atoms with van der Waals surface area (Å²) in [6, 6.07) is 8.05. The highest BCUT2D eigenvalue weighted by molar-refractivity contribution is 7.88. The lowest BCUT2D eigenvalue weighted by molar-refractivity contribution is 0.185. The molecule has 2 aliphatic rings. The van der Waals surface area contributed by atoms with Crippen molar-refractivity contribution in [2.24, 2.45) is 5.92 Å². The maximum atomic E-state index is 12.5. The number of piperidine rings is 1. The molecule has 2 fully saturated rings. The quantitative estimate of drug-likeness (QED) is 0.673. The van der Waals surface area contributed by atoms with Crippen molar-refractivity contribution in [3.63, 3.8) is 0 Å². The van der Waals surface area contributed by atoms with Crippen molar-refractivity contribution in [3.8, 4) is 0 Å². The Hall–Kier alpha value is -1.04. The second-order valence-electron chi connectivity index (χ2n) is 8.16. The largest absolute Gasteiger partial charge is 0.299 e. The minimum Gasteiger partial charge on any atom is -0.299 e. The third-order valence-corrected chi connectivity index (χ3v) is 8.63. The molecular formula is C19H32N4O4S2. The lowest BCUT2D eigenvalue weighted by atomic mass is 9.99. The molecule has 0 unspecified atom stereocenters. The highest BCUT2D eigenvalue weighted by atomic mass is 32.2. The molecule has 2 saturated heterocycles. The van der Waals surface area contributed by atoms with Gasteiger partial charge in [-0.2, -0.15) is 21.8 Å². The van der Waals surface area contributed by atoms with Crippen LogP contribution < -0.4 is 4.72 Å². The van der Waals surface area contributed by atoms with Crippen LogP contribution in [0.5, 0.6) is 0 Å². The molecule has 8 nitrogen and oxygen atoms in total. The Morgan fingerprint density at radius 1 is 0.862 bits per heavy atom. The van der Waals surface area contributed by atoms with Crippen LogP contribution in [-0.2, 0) is 33.3 Å². The number of piperazine rings is 1. The summed E-state index contributed by atoms with van der Waals surface area (Å²) in [5, 5.41) is 0. The average Bonchev–Trinajstić information content (AvgIpc) is 2.69. The second kappa shape index (κ2) is 9.40. The minimum atomic E-state index is -3.63. The van der Waals surface area contributed by atoms with E-state index < -0.39 is 20.2 Å². The molecule has 1 aromatic carbocycles. The maximum absolute atomic E-state index is 12.5. The topological polar surface area (TPSA) is 90.0 Å². The number of rotatable bonds is 7. The van der Waals surface area contributed by atoms with E-state index in [1.807, 2.05) is 12.1 Å². The molecule has 2 aliphatic heterocycles. The van der Waals surface area contributed by atoms with Crippen LogP contribution in [0.3, 0.4) is 0 Å². The van der Waals surface area contributed by atoms with Crippen LogP contribution in [0.15, 0.2) is 24.3 Å². The number of benzene rings is 1. The molecule has 0 aromatic heterocycles. The number of hydrogen-bond acceptors (Lipinski definition) is 5. The van der Waals surface area contributed by atoms with Gasteiger partial charge in [-0.15, -0.1) is 0 Å². The first-order valence-electron chi connectivity index (χ1n) is 10.1. The van der Waals surface area contributed by atoms with E-state index in [1.165, 1.54) is 27.0 Å². The lowest BCUT2D eigenvalue weighted by Crippen LogP contribution is -2.52. The van der Waals surface area contributed by atoms with Crippen molar-refractivity contribution < 1.29 is 16.8 Å². The second-order valence-corrected chi connectivity index (χ2v) is 11.9. The van der Waals surface area contributed by atoms with Gasteiger partial charge in [0.05, 0.1) is 6.26 Å². The van der Waals surface area contributed by atoms with E-state index in [0.29, 0.717) is 0 Å². The zero-order chi connectivity index (χ0) is 21.1. The fourth-order valence-corrected chi connectivity index (χ4v) is 5.75. The van der Waals surface area contributed by atoms with E-state index in [0.717, 1.165) is 37.4 Å². The van der Waals surface area contributed by atoms with E-state index in [1.54, 1.807) is 0 Å². The van der Waals surface area contributed by atoms with E-state index in [4.69, 9.17) is 0 Å². The first kappa shape index (κ1) is 22.6. The molecule has 0 spiro atoms. The molecule has 0 bridgehead atoms. The van der Waals surface area contributed by atoms with E-state index in [9.17, 15) is 16.8 Å². The van der Waals surface area contributed by atoms with E-state index >= 15 is 0 Å². The molecular weight excluding hydrogens is 412 g/mol. The predicted molar refractivity (Wildman–Crippen MR) is 114 cm³/mol. The zero-order valence-electron chi connectivity index (χ0n) is 17.2. The van der Waals surface area contributed by atoms with Crippen LogP contribution in [0.1, 0.15) is 30.9 Å². The lowest BCUT2D eigenvalue weighted by Gasteiger charge is -2.32. The number of nitrogens with zero attached hydrogens (tertiary/aromatic N) is 3. The summed E-state index contributed by atoms with van der Waals surface area (Å²) in [5.74, 6) is 0.816. The molecule has 1 N–H and O–H groups in total. The van der Waals surface area contributed by atoms with Crippen molar-refractivity contribution in [2.75, 3.05) is 45.5 Å². The van der Waals surface area contributed by atoms with Gasteiger partial charge in [-0.05, 0) is 43.0 Å². The van der Waals surface area contributed by atoms with Crippen LogP contribution in [0.25, 0.3) is 0 Å². The number of nitrogens with one attached hydrogen (secondary N) is 1. The van der Waals surface area contributed by atoms with Gasteiger partial charge < -0.3 is 0 Å². The molecule has 164 valence electrons. The van der Waals surface area contributed by atoms with Crippen molar-refractivity contribution in [3.05, 3.63) is 35.4 Å². The molecule has 0 amide bonds. The molecule has 29 heavy (non-hydrogen) atoms. The summed E-state index contributed by atoms with van der Waals surface area (Å²) in [7, 11) is -6.91. The Balaban J connectivity index is 1.48. The highest BCUT2D eigenvalue weighted by Gasteiger charge is 2.29. The van der Waals surface area contributed by atoms with Gasteiger partial charge in [0, 0.05) is 39.3 Å². The van der Waals surface area contributed by atoms with Gasteiger partial charge >= 0.3 is 0 Å². The standard InChI is InChI=1S/C19H32N4O4S2/c1-17-7-9-21(10-8-17)16-19-5-3-18(4-6-19)15-20-29(26,27)23-13-11-22(12-14-23)28(2,24)25/h3-6,17,20H,7-16H2,1-2H3. The highest BCUT2D eigenvalue weighted by Crippen LogP contribution is 2.18. The van der Waals surface area contributed by atoms with Gasteiger partial charge in [-0.25, -0.2) is 8.42 Å². The van der Waals surface area contributed by atoms with Gasteiger partial charge in [-0.1, -0.05) is 31.2 Å². The summed E-state index contributed by atoms with van der Waals surface area (Å²) in [5.41, 5.74) is 2.14. The normalized spacial score (nSPS) is 21.4. The number of sulfonamides is 1. The minimum absolute atomic E-state index is 0.162. The molecule has 1 aromatic rings.